The van der Waals surface area contributed by atoms with Gasteiger partial charge in [-0.1, -0.05) is 26.0 Å². The summed E-state index contributed by atoms with van der Waals surface area (Å²) in [5, 5.41) is 0. The molecule has 1 aromatic rings. The normalized spacial score (nSPS) is 18.1. The van der Waals surface area contributed by atoms with E-state index in [0.29, 0.717) is 13.0 Å². The molecule has 0 aromatic heterocycles. The van der Waals surface area contributed by atoms with Gasteiger partial charge in [-0.15, -0.1) is 0 Å². The summed E-state index contributed by atoms with van der Waals surface area (Å²) in [5.74, 6) is 1.24. The molecule has 0 bridgehead atoms. The summed E-state index contributed by atoms with van der Waals surface area (Å²) in [5.41, 5.74) is 1.19. The number of rotatable bonds is 9. The summed E-state index contributed by atoms with van der Waals surface area (Å²) in [6, 6.07) is 7.74. The quantitative estimate of drug-likeness (QED) is 0.605. The molecule has 2 saturated heterocycles. The van der Waals surface area contributed by atoms with Crippen LogP contribution in [-0.2, 0) is 16.0 Å². The predicted octanol–water partition coefficient (Wildman–Crippen LogP) is 3.20. The Bertz CT molecular complexity index is 737. The molecule has 3 rings (SSSR count). The highest BCUT2D eigenvalue weighted by atomic mass is 16.5. The molecule has 1 spiro atoms. The number of hydrogen-bond acceptors (Lipinski definition) is 4. The molecule has 1 aromatic carbocycles. The van der Waals surface area contributed by atoms with E-state index in [1.807, 2.05) is 29.2 Å². The molecule has 172 valence electrons. The second kappa shape index (κ2) is 11.0. The molecule has 2 fully saturated rings. The minimum Gasteiger partial charge on any atom is -0.497 e. The molecule has 0 saturated carbocycles. The number of ether oxygens (including phenoxy) is 1. The van der Waals surface area contributed by atoms with Crippen molar-refractivity contribution in [2.75, 3.05) is 52.9 Å². The maximum Gasteiger partial charge on any atom is 0.236 e. The lowest BCUT2D eigenvalue weighted by molar-refractivity contribution is -0.134. The van der Waals surface area contributed by atoms with Crippen LogP contribution in [0.4, 0.5) is 0 Å². The average molecular weight is 430 g/mol. The fraction of sp³-hybridized carbons (Fsp3) is 0.680. The van der Waals surface area contributed by atoms with Crippen LogP contribution < -0.4 is 4.74 Å². The van der Waals surface area contributed by atoms with Crippen molar-refractivity contribution < 1.29 is 14.3 Å². The van der Waals surface area contributed by atoms with E-state index in [1.54, 1.807) is 7.11 Å². The molecule has 2 heterocycles. The van der Waals surface area contributed by atoms with E-state index >= 15 is 0 Å². The fourth-order valence-corrected chi connectivity index (χ4v) is 5.05. The van der Waals surface area contributed by atoms with Crippen molar-refractivity contribution in [3.63, 3.8) is 0 Å². The molecule has 0 aliphatic carbocycles. The largest absolute Gasteiger partial charge is 0.497 e. The minimum absolute atomic E-state index is 0.184. The number of methoxy groups -OCH3 is 1. The SMILES string of the molecule is CCCN(CCC)CC(=O)N1CCC2(CCN(C(=O)Cc3cccc(OC)c3)CC2)C1. The van der Waals surface area contributed by atoms with E-state index < -0.39 is 0 Å². The molecule has 2 aliphatic heterocycles. The van der Waals surface area contributed by atoms with Crippen LogP contribution in [-0.4, -0.2) is 79.4 Å². The maximum absolute atomic E-state index is 12.9. The first-order valence-corrected chi connectivity index (χ1v) is 11.9. The minimum atomic E-state index is 0.184. The van der Waals surface area contributed by atoms with Gasteiger partial charge in [0.15, 0.2) is 0 Å². The van der Waals surface area contributed by atoms with E-state index in [0.717, 1.165) is 82.7 Å². The van der Waals surface area contributed by atoms with Crippen LogP contribution in [0.5, 0.6) is 5.75 Å². The molecule has 0 atom stereocenters. The number of carbonyl (C=O) groups excluding carboxylic acids is 2. The standard InChI is InChI=1S/C25H39N3O3/c1-4-12-26(13-5-2)19-24(30)28-16-11-25(20-28)9-14-27(15-10-25)23(29)18-21-7-6-8-22(17-21)31-3/h6-8,17H,4-5,9-16,18-20H2,1-3H3. The Labute approximate surface area is 187 Å². The van der Waals surface area contributed by atoms with Gasteiger partial charge < -0.3 is 14.5 Å². The van der Waals surface area contributed by atoms with Gasteiger partial charge in [0, 0.05) is 26.2 Å². The Morgan fingerprint density at radius 3 is 2.26 bits per heavy atom. The third-order valence-corrected chi connectivity index (χ3v) is 6.90. The molecule has 0 unspecified atom stereocenters. The highest BCUT2D eigenvalue weighted by Gasteiger charge is 2.42. The third-order valence-electron chi connectivity index (χ3n) is 6.90. The van der Waals surface area contributed by atoms with Gasteiger partial charge in [0.2, 0.25) is 11.8 Å². The lowest BCUT2D eigenvalue weighted by Crippen LogP contribution is -2.46. The Morgan fingerprint density at radius 2 is 1.65 bits per heavy atom. The summed E-state index contributed by atoms with van der Waals surface area (Å²) in [7, 11) is 1.64. The lowest BCUT2D eigenvalue weighted by Gasteiger charge is -2.39. The highest BCUT2D eigenvalue weighted by molar-refractivity contribution is 5.79. The van der Waals surface area contributed by atoms with Crippen LogP contribution in [0.15, 0.2) is 24.3 Å². The smallest absolute Gasteiger partial charge is 0.236 e. The third kappa shape index (κ3) is 6.22. The summed E-state index contributed by atoms with van der Waals surface area (Å²) in [4.78, 5) is 32.0. The highest BCUT2D eigenvalue weighted by Crippen LogP contribution is 2.40. The fourth-order valence-electron chi connectivity index (χ4n) is 5.05. The zero-order valence-corrected chi connectivity index (χ0v) is 19.6. The lowest BCUT2D eigenvalue weighted by atomic mass is 9.77. The number of likely N-dealkylation sites (tertiary alicyclic amines) is 2. The monoisotopic (exact) mass is 429 g/mol. The van der Waals surface area contributed by atoms with Gasteiger partial charge in [0.1, 0.15) is 5.75 Å². The average Bonchev–Trinajstić information content (AvgIpc) is 3.18. The van der Waals surface area contributed by atoms with Crippen LogP contribution in [0.3, 0.4) is 0 Å². The van der Waals surface area contributed by atoms with Gasteiger partial charge in [-0.3, -0.25) is 14.5 Å². The van der Waals surface area contributed by atoms with Crippen molar-refractivity contribution in [1.29, 1.82) is 0 Å². The molecule has 0 radical (unpaired) electrons. The summed E-state index contributed by atoms with van der Waals surface area (Å²) < 4.78 is 5.27. The van der Waals surface area contributed by atoms with E-state index in [2.05, 4.69) is 23.6 Å². The van der Waals surface area contributed by atoms with E-state index in [-0.39, 0.29) is 17.2 Å². The van der Waals surface area contributed by atoms with Crippen LogP contribution in [0.2, 0.25) is 0 Å². The number of nitrogens with zero attached hydrogens (tertiary/aromatic N) is 3. The topological polar surface area (TPSA) is 53.1 Å². The first kappa shape index (κ1) is 23.6. The number of hydrogen-bond donors (Lipinski definition) is 0. The molecular formula is C25H39N3O3. The van der Waals surface area contributed by atoms with Crippen LogP contribution in [0.1, 0.15) is 51.5 Å². The molecule has 0 N–H and O–H groups in total. The van der Waals surface area contributed by atoms with Gasteiger partial charge in [-0.05, 0) is 68.3 Å². The Hall–Kier alpha value is -2.08. The van der Waals surface area contributed by atoms with Gasteiger partial charge in [-0.25, -0.2) is 0 Å². The molecule has 31 heavy (non-hydrogen) atoms. The van der Waals surface area contributed by atoms with Crippen molar-refractivity contribution in [1.82, 2.24) is 14.7 Å². The number of carbonyl (C=O) groups is 2. The van der Waals surface area contributed by atoms with Crippen molar-refractivity contribution >= 4 is 11.8 Å². The molecular weight excluding hydrogens is 390 g/mol. The van der Waals surface area contributed by atoms with E-state index in [9.17, 15) is 9.59 Å². The first-order chi connectivity index (χ1) is 15.0. The zero-order chi connectivity index (χ0) is 22.3. The van der Waals surface area contributed by atoms with Crippen molar-refractivity contribution in [3.8, 4) is 5.75 Å². The van der Waals surface area contributed by atoms with Crippen molar-refractivity contribution in [2.24, 2.45) is 5.41 Å². The molecule has 2 aliphatic rings. The van der Waals surface area contributed by atoms with E-state index in [1.165, 1.54) is 0 Å². The summed E-state index contributed by atoms with van der Waals surface area (Å²) in [6.07, 6.45) is 5.63. The molecule has 2 amide bonds. The number of amides is 2. The van der Waals surface area contributed by atoms with Crippen molar-refractivity contribution in [2.45, 2.75) is 52.4 Å². The maximum atomic E-state index is 12.9. The van der Waals surface area contributed by atoms with Gasteiger partial charge >= 0.3 is 0 Å². The number of piperidine rings is 1. The Balaban J connectivity index is 1.48. The summed E-state index contributed by atoms with van der Waals surface area (Å²) in [6.45, 7) is 10.2. The van der Waals surface area contributed by atoms with Gasteiger partial charge in [0.05, 0.1) is 20.1 Å². The number of benzene rings is 1. The molecule has 6 heteroatoms. The Kier molecular flexibility index (Phi) is 8.35. The van der Waals surface area contributed by atoms with Crippen molar-refractivity contribution in [3.05, 3.63) is 29.8 Å². The second-order valence-corrected chi connectivity index (χ2v) is 9.25. The predicted molar refractivity (Wildman–Crippen MR) is 123 cm³/mol. The van der Waals surface area contributed by atoms with Crippen LogP contribution in [0.25, 0.3) is 0 Å². The van der Waals surface area contributed by atoms with E-state index in [4.69, 9.17) is 4.74 Å². The first-order valence-electron chi connectivity index (χ1n) is 11.9. The van der Waals surface area contributed by atoms with Crippen LogP contribution >= 0.6 is 0 Å². The van der Waals surface area contributed by atoms with Gasteiger partial charge in [0.25, 0.3) is 0 Å². The van der Waals surface area contributed by atoms with Crippen LogP contribution in [0, 0.1) is 5.41 Å². The van der Waals surface area contributed by atoms with Gasteiger partial charge in [-0.2, -0.15) is 0 Å². The Morgan fingerprint density at radius 1 is 1.00 bits per heavy atom. The summed E-state index contributed by atoms with van der Waals surface area (Å²) >= 11 is 0. The zero-order valence-electron chi connectivity index (χ0n) is 19.6. The molecule has 6 nitrogen and oxygen atoms in total. The second-order valence-electron chi connectivity index (χ2n) is 9.25.